The van der Waals surface area contributed by atoms with Crippen LogP contribution in [0.1, 0.15) is 29.6 Å². The van der Waals surface area contributed by atoms with Gasteiger partial charge < -0.3 is 4.57 Å². The highest BCUT2D eigenvalue weighted by molar-refractivity contribution is 5.97. The summed E-state index contributed by atoms with van der Waals surface area (Å²) in [5.74, 6) is 0.251. The molecule has 0 spiro atoms. The van der Waals surface area contributed by atoms with Gasteiger partial charge in [-0.1, -0.05) is 0 Å². The second kappa shape index (κ2) is 5.10. The van der Waals surface area contributed by atoms with Crippen LogP contribution in [0.5, 0.6) is 0 Å². The van der Waals surface area contributed by atoms with Crippen molar-refractivity contribution >= 4 is 5.78 Å². The number of aromatic nitrogens is 1. The zero-order valence-corrected chi connectivity index (χ0v) is 11.9. The summed E-state index contributed by atoms with van der Waals surface area (Å²) >= 11 is 0. The van der Waals surface area contributed by atoms with Crippen molar-refractivity contribution in [2.75, 3.05) is 26.7 Å². The Morgan fingerprint density at radius 2 is 2.05 bits per heavy atom. The number of likely N-dealkylation sites (tertiary alicyclic amines) is 1. The number of carbonyl (C=O) groups excluding carboxylic acids is 1. The number of ketones is 1. The van der Waals surface area contributed by atoms with E-state index >= 15 is 0 Å². The van der Waals surface area contributed by atoms with Gasteiger partial charge in [-0.3, -0.25) is 14.6 Å². The number of rotatable bonds is 3. The summed E-state index contributed by atoms with van der Waals surface area (Å²) in [4.78, 5) is 17.1. The maximum atomic E-state index is 12.3. The monoisotopic (exact) mass is 261 g/mol. The minimum atomic E-state index is 0.251. The fourth-order valence-corrected chi connectivity index (χ4v) is 3.49. The topological polar surface area (TPSA) is 28.5 Å². The van der Waals surface area contributed by atoms with E-state index in [4.69, 9.17) is 0 Å². The molecule has 0 amide bonds. The van der Waals surface area contributed by atoms with E-state index in [2.05, 4.69) is 16.8 Å². The van der Waals surface area contributed by atoms with Gasteiger partial charge in [-0.25, -0.2) is 0 Å². The van der Waals surface area contributed by atoms with Crippen molar-refractivity contribution in [3.8, 4) is 0 Å². The van der Waals surface area contributed by atoms with Crippen LogP contribution in [-0.2, 0) is 7.05 Å². The van der Waals surface area contributed by atoms with Crippen molar-refractivity contribution in [1.29, 1.82) is 0 Å². The van der Waals surface area contributed by atoms with Crippen molar-refractivity contribution < 1.29 is 4.79 Å². The van der Waals surface area contributed by atoms with E-state index in [1.54, 1.807) is 0 Å². The average molecular weight is 261 g/mol. The van der Waals surface area contributed by atoms with E-state index < -0.39 is 0 Å². The Kier molecular flexibility index (Phi) is 3.46. The first-order chi connectivity index (χ1) is 9.13. The number of likely N-dealkylation sites (N-methyl/N-ethyl adjacent to an activating group) is 1. The summed E-state index contributed by atoms with van der Waals surface area (Å²) in [6.07, 6.45) is 7.68. The number of aryl methyl sites for hydroxylation is 1. The molecule has 2 saturated heterocycles. The van der Waals surface area contributed by atoms with Gasteiger partial charge in [-0.15, -0.1) is 0 Å². The average Bonchev–Trinajstić information content (AvgIpc) is 2.88. The Bertz CT molecular complexity index is 468. The summed E-state index contributed by atoms with van der Waals surface area (Å²) < 4.78 is 1.94. The molecule has 2 atom stereocenters. The fraction of sp³-hybridized carbons (Fsp3) is 0.667. The van der Waals surface area contributed by atoms with Crippen LogP contribution in [-0.4, -0.2) is 58.9 Å². The molecule has 0 N–H and O–H groups in total. The molecule has 2 aliphatic rings. The molecule has 0 radical (unpaired) electrons. The molecule has 0 saturated carbocycles. The first-order valence-electron chi connectivity index (χ1n) is 7.23. The molecule has 1 aromatic rings. The Hall–Kier alpha value is -1.13. The van der Waals surface area contributed by atoms with Gasteiger partial charge in [0.1, 0.15) is 0 Å². The van der Waals surface area contributed by atoms with Gasteiger partial charge in [0.05, 0.1) is 6.54 Å². The predicted molar refractivity (Wildman–Crippen MR) is 75.4 cm³/mol. The lowest BCUT2D eigenvalue weighted by molar-refractivity contribution is 0.0923. The highest BCUT2D eigenvalue weighted by atomic mass is 16.1. The van der Waals surface area contributed by atoms with Gasteiger partial charge in [0.2, 0.25) is 0 Å². The minimum absolute atomic E-state index is 0.251. The molecule has 1 aromatic heterocycles. The smallest absolute Gasteiger partial charge is 0.178 e. The van der Waals surface area contributed by atoms with Crippen LogP contribution in [0.2, 0.25) is 0 Å². The number of Topliss-reactive ketones (excluding diaryl/α,β-unsaturated/α-hetero) is 1. The van der Waals surface area contributed by atoms with Crippen LogP contribution >= 0.6 is 0 Å². The van der Waals surface area contributed by atoms with Crippen molar-refractivity contribution in [3.05, 3.63) is 24.0 Å². The van der Waals surface area contributed by atoms with E-state index in [1.807, 2.05) is 30.1 Å². The lowest BCUT2D eigenvalue weighted by Gasteiger charge is -2.24. The van der Waals surface area contributed by atoms with Crippen LogP contribution in [0.4, 0.5) is 0 Å². The summed E-state index contributed by atoms with van der Waals surface area (Å²) in [6.45, 7) is 2.68. The fourth-order valence-electron chi connectivity index (χ4n) is 3.49. The Morgan fingerprint density at radius 1 is 1.26 bits per heavy atom. The van der Waals surface area contributed by atoms with Gasteiger partial charge in [0, 0.05) is 50.2 Å². The van der Waals surface area contributed by atoms with E-state index in [0.717, 1.165) is 24.7 Å². The minimum Gasteiger partial charge on any atom is -0.357 e. The zero-order chi connectivity index (χ0) is 13.4. The van der Waals surface area contributed by atoms with Crippen molar-refractivity contribution in [2.24, 2.45) is 7.05 Å². The maximum absolute atomic E-state index is 12.3. The first-order valence-corrected chi connectivity index (χ1v) is 7.23. The Morgan fingerprint density at radius 3 is 2.79 bits per heavy atom. The third-order valence-corrected chi connectivity index (χ3v) is 4.75. The molecule has 2 bridgehead atoms. The summed E-state index contributed by atoms with van der Waals surface area (Å²) in [5.41, 5.74) is 0.838. The third-order valence-electron chi connectivity index (χ3n) is 4.75. The number of hydrogen-bond acceptors (Lipinski definition) is 3. The lowest BCUT2D eigenvalue weighted by atomic mass is 10.1. The van der Waals surface area contributed by atoms with Gasteiger partial charge >= 0.3 is 0 Å². The molecule has 104 valence electrons. The molecule has 2 aliphatic heterocycles. The Balaban J connectivity index is 1.63. The molecule has 19 heavy (non-hydrogen) atoms. The summed E-state index contributed by atoms with van der Waals surface area (Å²) in [6, 6.07) is 3.30. The van der Waals surface area contributed by atoms with Crippen LogP contribution in [0.15, 0.2) is 18.5 Å². The van der Waals surface area contributed by atoms with Gasteiger partial charge in [0.25, 0.3) is 0 Å². The highest BCUT2D eigenvalue weighted by Crippen LogP contribution is 2.28. The molecule has 4 heteroatoms. The summed E-state index contributed by atoms with van der Waals surface area (Å²) in [7, 11) is 4.20. The van der Waals surface area contributed by atoms with E-state index in [-0.39, 0.29) is 5.78 Å². The predicted octanol–water partition coefficient (Wildman–Crippen LogP) is 1.38. The van der Waals surface area contributed by atoms with E-state index in [9.17, 15) is 4.79 Å². The molecular formula is C15H23N3O. The van der Waals surface area contributed by atoms with Crippen LogP contribution < -0.4 is 0 Å². The van der Waals surface area contributed by atoms with Gasteiger partial charge in [-0.2, -0.15) is 0 Å². The molecular weight excluding hydrogens is 238 g/mol. The van der Waals surface area contributed by atoms with Crippen molar-refractivity contribution in [1.82, 2.24) is 14.4 Å². The molecule has 0 aromatic carbocycles. The van der Waals surface area contributed by atoms with Crippen LogP contribution in [0.25, 0.3) is 0 Å². The summed E-state index contributed by atoms with van der Waals surface area (Å²) in [5, 5.41) is 0. The zero-order valence-electron chi connectivity index (χ0n) is 11.9. The van der Waals surface area contributed by atoms with Crippen LogP contribution in [0, 0.1) is 0 Å². The van der Waals surface area contributed by atoms with Crippen molar-refractivity contribution in [2.45, 2.75) is 31.3 Å². The maximum Gasteiger partial charge on any atom is 0.178 e. The highest BCUT2D eigenvalue weighted by Gasteiger charge is 2.34. The third kappa shape index (κ3) is 2.60. The van der Waals surface area contributed by atoms with E-state index in [0.29, 0.717) is 12.6 Å². The SMILES string of the molecule is CN1C2CCC1CN(CC(=O)c1ccn(C)c1)CC2. The number of nitrogens with zero attached hydrogens (tertiary/aromatic N) is 3. The second-order valence-electron chi connectivity index (χ2n) is 6.06. The molecule has 0 aliphatic carbocycles. The Labute approximate surface area is 115 Å². The second-order valence-corrected chi connectivity index (χ2v) is 6.06. The number of fused-ring (bicyclic) bond motifs is 2. The normalized spacial score (nSPS) is 28.5. The quantitative estimate of drug-likeness (QED) is 0.770. The number of hydrogen-bond donors (Lipinski definition) is 0. The molecule has 2 unspecified atom stereocenters. The molecule has 4 nitrogen and oxygen atoms in total. The standard InChI is InChI=1S/C15H23N3O/c1-16-7-5-12(9-16)15(19)11-18-8-6-13-3-4-14(10-18)17(13)2/h5,7,9,13-14H,3-4,6,8,10-11H2,1-2H3. The van der Waals surface area contributed by atoms with Crippen molar-refractivity contribution in [3.63, 3.8) is 0 Å². The number of carbonyl (C=O) groups is 1. The van der Waals surface area contributed by atoms with E-state index in [1.165, 1.54) is 19.3 Å². The molecule has 2 fully saturated rings. The van der Waals surface area contributed by atoms with Crippen LogP contribution in [0.3, 0.4) is 0 Å². The lowest BCUT2D eigenvalue weighted by Crippen LogP contribution is -2.38. The van der Waals surface area contributed by atoms with Gasteiger partial charge in [-0.05, 0) is 32.4 Å². The largest absolute Gasteiger partial charge is 0.357 e. The molecule has 3 rings (SSSR count). The molecule has 3 heterocycles. The first kappa shape index (κ1) is 12.9. The van der Waals surface area contributed by atoms with Gasteiger partial charge in [0.15, 0.2) is 5.78 Å².